The lowest BCUT2D eigenvalue weighted by Crippen LogP contribution is -2.51. The molecule has 1 rings (SSSR count). The van der Waals surface area contributed by atoms with E-state index in [-0.39, 0.29) is 0 Å². The van der Waals surface area contributed by atoms with E-state index in [4.69, 9.17) is 0 Å². The Kier molecular flexibility index (Phi) is 7.14. The molecule has 0 bridgehead atoms. The zero-order valence-corrected chi connectivity index (χ0v) is 12.3. The van der Waals surface area contributed by atoms with Crippen molar-refractivity contribution in [2.75, 3.05) is 26.2 Å². The van der Waals surface area contributed by atoms with Gasteiger partial charge in [0.15, 0.2) is 0 Å². The van der Waals surface area contributed by atoms with Crippen LogP contribution in [0, 0.1) is 11.8 Å². The summed E-state index contributed by atoms with van der Waals surface area (Å²) in [5.74, 6) is 1.81. The molecule has 0 heterocycles. The fourth-order valence-corrected chi connectivity index (χ4v) is 2.98. The molecular formula is C15H32N2. The summed E-state index contributed by atoms with van der Waals surface area (Å²) in [5, 5.41) is 3.51. The van der Waals surface area contributed by atoms with Crippen LogP contribution in [0.3, 0.4) is 0 Å². The van der Waals surface area contributed by atoms with Gasteiger partial charge in [-0.1, -0.05) is 40.5 Å². The van der Waals surface area contributed by atoms with Crippen LogP contribution >= 0.6 is 0 Å². The molecule has 0 aromatic heterocycles. The van der Waals surface area contributed by atoms with Crippen LogP contribution in [0.15, 0.2) is 0 Å². The second kappa shape index (κ2) is 8.10. The second-order valence-electron chi connectivity index (χ2n) is 5.48. The van der Waals surface area contributed by atoms with Crippen molar-refractivity contribution in [2.45, 2.75) is 59.4 Å². The van der Waals surface area contributed by atoms with Crippen LogP contribution in [-0.2, 0) is 0 Å². The molecule has 1 aliphatic rings. The van der Waals surface area contributed by atoms with E-state index in [2.05, 4.69) is 37.9 Å². The van der Waals surface area contributed by atoms with Crippen LogP contribution in [0.1, 0.15) is 53.4 Å². The van der Waals surface area contributed by atoms with E-state index in [9.17, 15) is 0 Å². The van der Waals surface area contributed by atoms with Gasteiger partial charge in [0.2, 0.25) is 0 Å². The van der Waals surface area contributed by atoms with Crippen molar-refractivity contribution in [3.63, 3.8) is 0 Å². The van der Waals surface area contributed by atoms with Gasteiger partial charge in [-0.15, -0.1) is 0 Å². The topological polar surface area (TPSA) is 15.3 Å². The Balaban J connectivity index is 2.38. The summed E-state index contributed by atoms with van der Waals surface area (Å²) < 4.78 is 0. The second-order valence-corrected chi connectivity index (χ2v) is 5.48. The Hall–Kier alpha value is -0.0800. The highest BCUT2D eigenvalue weighted by Crippen LogP contribution is 2.32. The predicted octanol–water partition coefficient (Wildman–Crippen LogP) is 3.13. The van der Waals surface area contributed by atoms with Crippen molar-refractivity contribution in [1.29, 1.82) is 0 Å². The maximum Gasteiger partial charge on any atom is 0.0136 e. The number of rotatable bonds is 9. The Bertz CT molecular complexity index is 189. The van der Waals surface area contributed by atoms with Gasteiger partial charge >= 0.3 is 0 Å². The molecule has 0 amide bonds. The first kappa shape index (κ1) is 15.0. The third kappa shape index (κ3) is 4.26. The molecule has 1 aliphatic carbocycles. The summed E-state index contributed by atoms with van der Waals surface area (Å²) >= 11 is 0. The zero-order chi connectivity index (χ0) is 12.7. The van der Waals surface area contributed by atoms with E-state index >= 15 is 0 Å². The SMILES string of the molecule is CCNCC1CCC1N(CC)CC(CC)CC. The largest absolute Gasteiger partial charge is 0.317 e. The summed E-state index contributed by atoms with van der Waals surface area (Å²) in [4.78, 5) is 2.74. The van der Waals surface area contributed by atoms with E-state index in [0.717, 1.165) is 24.4 Å². The summed E-state index contributed by atoms with van der Waals surface area (Å²) in [6, 6.07) is 0.861. The minimum absolute atomic E-state index is 0.861. The highest BCUT2D eigenvalue weighted by molar-refractivity contribution is 4.90. The monoisotopic (exact) mass is 240 g/mol. The maximum atomic E-state index is 3.51. The van der Waals surface area contributed by atoms with Gasteiger partial charge in [-0.3, -0.25) is 0 Å². The standard InChI is InChI=1S/C15H32N2/c1-5-13(6-2)12-17(8-4)15-10-9-14(15)11-16-7-3/h13-16H,5-12H2,1-4H3. The first-order chi connectivity index (χ1) is 8.26. The van der Waals surface area contributed by atoms with E-state index < -0.39 is 0 Å². The predicted molar refractivity (Wildman–Crippen MR) is 76.4 cm³/mol. The molecule has 1 saturated carbocycles. The van der Waals surface area contributed by atoms with Gasteiger partial charge in [0.1, 0.15) is 0 Å². The quantitative estimate of drug-likeness (QED) is 0.666. The molecule has 0 radical (unpaired) electrons. The van der Waals surface area contributed by atoms with Crippen LogP contribution in [0.2, 0.25) is 0 Å². The van der Waals surface area contributed by atoms with Gasteiger partial charge in [-0.25, -0.2) is 0 Å². The van der Waals surface area contributed by atoms with E-state index in [0.29, 0.717) is 0 Å². The molecule has 1 N–H and O–H groups in total. The van der Waals surface area contributed by atoms with Crippen molar-refractivity contribution in [1.82, 2.24) is 10.2 Å². The Morgan fingerprint density at radius 3 is 2.24 bits per heavy atom. The lowest BCUT2D eigenvalue weighted by atomic mass is 9.78. The molecule has 17 heavy (non-hydrogen) atoms. The molecular weight excluding hydrogens is 208 g/mol. The lowest BCUT2D eigenvalue weighted by molar-refractivity contribution is 0.0522. The molecule has 0 aliphatic heterocycles. The van der Waals surface area contributed by atoms with Gasteiger partial charge in [-0.05, 0) is 44.3 Å². The minimum atomic E-state index is 0.861. The smallest absolute Gasteiger partial charge is 0.0136 e. The van der Waals surface area contributed by atoms with Crippen LogP contribution in [0.25, 0.3) is 0 Å². The normalized spacial score (nSPS) is 24.4. The van der Waals surface area contributed by atoms with Crippen LogP contribution in [0.4, 0.5) is 0 Å². The van der Waals surface area contributed by atoms with E-state index in [1.54, 1.807) is 0 Å². The molecule has 2 atom stereocenters. The van der Waals surface area contributed by atoms with Crippen molar-refractivity contribution in [2.24, 2.45) is 11.8 Å². The van der Waals surface area contributed by atoms with Crippen LogP contribution in [0.5, 0.6) is 0 Å². The summed E-state index contributed by atoms with van der Waals surface area (Å²) in [6.07, 6.45) is 5.51. The van der Waals surface area contributed by atoms with Crippen molar-refractivity contribution >= 4 is 0 Å². The highest BCUT2D eigenvalue weighted by atomic mass is 15.2. The van der Waals surface area contributed by atoms with Crippen molar-refractivity contribution in [3.8, 4) is 0 Å². The van der Waals surface area contributed by atoms with Gasteiger partial charge in [0.25, 0.3) is 0 Å². The Morgan fingerprint density at radius 1 is 1.12 bits per heavy atom. The molecule has 2 nitrogen and oxygen atoms in total. The average molecular weight is 240 g/mol. The fourth-order valence-electron chi connectivity index (χ4n) is 2.98. The third-order valence-electron chi connectivity index (χ3n) is 4.56. The molecule has 0 saturated heterocycles. The molecule has 2 unspecified atom stereocenters. The van der Waals surface area contributed by atoms with Gasteiger partial charge in [0.05, 0.1) is 0 Å². The van der Waals surface area contributed by atoms with E-state index in [1.807, 2.05) is 0 Å². The minimum Gasteiger partial charge on any atom is -0.317 e. The van der Waals surface area contributed by atoms with E-state index in [1.165, 1.54) is 45.3 Å². The fraction of sp³-hybridized carbons (Fsp3) is 1.00. The van der Waals surface area contributed by atoms with Gasteiger partial charge in [0, 0.05) is 12.6 Å². The Labute approximate surface area is 108 Å². The summed E-state index contributed by atoms with van der Waals surface area (Å²) in [7, 11) is 0. The number of hydrogen-bond donors (Lipinski definition) is 1. The number of nitrogens with one attached hydrogen (secondary N) is 1. The van der Waals surface area contributed by atoms with Gasteiger partial charge in [-0.2, -0.15) is 0 Å². The molecule has 102 valence electrons. The molecule has 0 spiro atoms. The maximum absolute atomic E-state index is 3.51. The summed E-state index contributed by atoms with van der Waals surface area (Å²) in [5.41, 5.74) is 0. The molecule has 1 fully saturated rings. The first-order valence-corrected chi connectivity index (χ1v) is 7.71. The first-order valence-electron chi connectivity index (χ1n) is 7.71. The van der Waals surface area contributed by atoms with Crippen molar-refractivity contribution in [3.05, 3.63) is 0 Å². The highest BCUT2D eigenvalue weighted by Gasteiger charge is 2.34. The van der Waals surface area contributed by atoms with Crippen LogP contribution in [-0.4, -0.2) is 37.1 Å². The zero-order valence-electron chi connectivity index (χ0n) is 12.3. The molecule has 2 heteroatoms. The van der Waals surface area contributed by atoms with Crippen molar-refractivity contribution < 1.29 is 0 Å². The lowest BCUT2D eigenvalue weighted by Gasteiger charge is -2.45. The number of nitrogens with zero attached hydrogens (tertiary/aromatic N) is 1. The number of hydrogen-bond acceptors (Lipinski definition) is 2. The van der Waals surface area contributed by atoms with Gasteiger partial charge < -0.3 is 10.2 Å². The Morgan fingerprint density at radius 2 is 1.82 bits per heavy atom. The average Bonchev–Trinajstić information content (AvgIpc) is 2.33. The molecule has 0 aromatic carbocycles. The molecule has 0 aromatic rings. The summed E-state index contributed by atoms with van der Waals surface area (Å²) in [6.45, 7) is 14.1. The third-order valence-corrected chi connectivity index (χ3v) is 4.56. The van der Waals surface area contributed by atoms with Crippen LogP contribution < -0.4 is 5.32 Å².